The molecule has 5 aliphatic carbocycles. The third kappa shape index (κ3) is 3.11. The smallest absolute Gasteiger partial charge is 0.0900 e. The van der Waals surface area contributed by atoms with Crippen molar-refractivity contribution in [2.24, 2.45) is 46.8 Å². The van der Waals surface area contributed by atoms with E-state index in [2.05, 4.69) is 34.6 Å². The van der Waals surface area contributed by atoms with Gasteiger partial charge in [0.05, 0.1) is 22.4 Å². The van der Waals surface area contributed by atoms with Gasteiger partial charge in [0.25, 0.3) is 0 Å². The maximum atomic E-state index is 7.14. The number of allylic oxidation sites excluding steroid dienone is 1. The van der Waals surface area contributed by atoms with Crippen LogP contribution in [0.15, 0.2) is 11.1 Å². The monoisotopic (exact) mass is 479 g/mol. The van der Waals surface area contributed by atoms with Gasteiger partial charge in [-0.3, -0.25) is 0 Å². The molecule has 2 nitrogen and oxygen atoms in total. The van der Waals surface area contributed by atoms with E-state index in [1.54, 1.807) is 10.5 Å². The van der Waals surface area contributed by atoms with E-state index in [-0.39, 0.29) is 5.60 Å². The predicted octanol–water partition coefficient (Wildman–Crippen LogP) is 7.93. The lowest BCUT2D eigenvalue weighted by Crippen LogP contribution is -2.47. The number of ether oxygens (including phenoxy) is 1. The Labute approximate surface area is 211 Å². The number of aryl methyl sites for hydroxylation is 1. The Hall–Kier alpha value is -0.670. The molecular weight excluding hydrogens is 434 g/mol. The van der Waals surface area contributed by atoms with E-state index in [4.69, 9.17) is 9.72 Å². The number of nitrogens with zero attached hydrogens (tertiary/aromatic N) is 1. The van der Waals surface area contributed by atoms with E-state index in [9.17, 15) is 0 Å². The fourth-order valence-electron chi connectivity index (χ4n) is 10.5. The predicted molar refractivity (Wildman–Crippen MR) is 140 cm³/mol. The fourth-order valence-corrected chi connectivity index (χ4v) is 11.6. The summed E-state index contributed by atoms with van der Waals surface area (Å²) in [5, 5.41) is 1.28. The van der Waals surface area contributed by atoms with Crippen LogP contribution in [0, 0.1) is 53.8 Å². The Morgan fingerprint density at radius 3 is 2.65 bits per heavy atom. The summed E-state index contributed by atoms with van der Waals surface area (Å²) in [6.07, 6.45) is 15.4. The SMILES string of the molecule is CC1=C2C[C@H]3[C@@H](CC[C@@H]4Cc5nc(C)sc5C[C@@]43C)[C@@H]2CC[C@@]2(C1)O[C@@H]1C[C@H](C)CC[C@H]1[C@H]2C. The molecule has 3 saturated carbocycles. The van der Waals surface area contributed by atoms with Crippen molar-refractivity contribution in [3.05, 3.63) is 26.7 Å². The minimum atomic E-state index is 0.136. The second-order valence-corrected chi connectivity index (χ2v) is 15.2. The van der Waals surface area contributed by atoms with Crippen molar-refractivity contribution >= 4 is 11.3 Å². The quantitative estimate of drug-likeness (QED) is 0.352. The Bertz CT molecular complexity index is 1020. The zero-order chi connectivity index (χ0) is 23.4. The van der Waals surface area contributed by atoms with Crippen LogP contribution in [0.1, 0.15) is 101 Å². The first-order valence-electron chi connectivity index (χ1n) is 14.6. The van der Waals surface area contributed by atoms with E-state index < -0.39 is 0 Å². The summed E-state index contributed by atoms with van der Waals surface area (Å²) in [5.41, 5.74) is 5.70. The molecule has 0 N–H and O–H groups in total. The van der Waals surface area contributed by atoms with Crippen LogP contribution in [0.25, 0.3) is 0 Å². The van der Waals surface area contributed by atoms with Crippen molar-refractivity contribution < 1.29 is 4.74 Å². The van der Waals surface area contributed by atoms with E-state index in [1.807, 2.05) is 16.9 Å². The lowest BCUT2D eigenvalue weighted by atomic mass is 9.53. The molecule has 1 aliphatic heterocycles. The number of hydrogen-bond donors (Lipinski definition) is 0. The molecule has 10 atom stereocenters. The molecule has 186 valence electrons. The molecule has 2 heterocycles. The zero-order valence-corrected chi connectivity index (χ0v) is 23.0. The molecule has 1 aromatic heterocycles. The van der Waals surface area contributed by atoms with Crippen molar-refractivity contribution in [1.82, 2.24) is 4.98 Å². The summed E-state index contributed by atoms with van der Waals surface area (Å²) in [7, 11) is 0. The average Bonchev–Trinajstić information content (AvgIpc) is 3.39. The van der Waals surface area contributed by atoms with E-state index in [0.717, 1.165) is 41.4 Å². The molecule has 34 heavy (non-hydrogen) atoms. The number of thiazole rings is 1. The summed E-state index contributed by atoms with van der Waals surface area (Å²) >= 11 is 1.99. The van der Waals surface area contributed by atoms with Gasteiger partial charge in [-0.25, -0.2) is 4.98 Å². The van der Waals surface area contributed by atoms with Crippen LogP contribution in [-0.4, -0.2) is 16.7 Å². The van der Waals surface area contributed by atoms with E-state index in [0.29, 0.717) is 11.5 Å². The Kier molecular flexibility index (Phi) is 5.08. The minimum absolute atomic E-state index is 0.136. The highest BCUT2D eigenvalue weighted by atomic mass is 32.1. The molecule has 0 unspecified atom stereocenters. The van der Waals surface area contributed by atoms with Gasteiger partial charge in [-0.2, -0.15) is 0 Å². The van der Waals surface area contributed by atoms with Crippen LogP contribution < -0.4 is 0 Å². The van der Waals surface area contributed by atoms with Crippen molar-refractivity contribution in [3.8, 4) is 0 Å². The second-order valence-electron chi connectivity index (χ2n) is 14.0. The largest absolute Gasteiger partial charge is 0.371 e. The summed E-state index contributed by atoms with van der Waals surface area (Å²) in [6.45, 7) is 12.4. The van der Waals surface area contributed by atoms with E-state index >= 15 is 0 Å². The van der Waals surface area contributed by atoms with Gasteiger partial charge in [0.2, 0.25) is 0 Å². The van der Waals surface area contributed by atoms with Crippen LogP contribution in [0.5, 0.6) is 0 Å². The normalized spacial score (nSPS) is 49.8. The molecule has 3 heteroatoms. The van der Waals surface area contributed by atoms with Gasteiger partial charge in [-0.1, -0.05) is 38.3 Å². The van der Waals surface area contributed by atoms with Crippen LogP contribution in [-0.2, 0) is 17.6 Å². The molecule has 0 bridgehead atoms. The van der Waals surface area contributed by atoms with E-state index in [1.165, 1.54) is 81.3 Å². The van der Waals surface area contributed by atoms with Gasteiger partial charge in [0, 0.05) is 4.88 Å². The molecule has 7 rings (SSSR count). The molecular formula is C31H45NOS. The van der Waals surface area contributed by atoms with Gasteiger partial charge in [0.15, 0.2) is 0 Å². The molecule has 0 aromatic carbocycles. The molecule has 4 fully saturated rings. The summed E-state index contributed by atoms with van der Waals surface area (Å²) in [5.74, 6) is 5.88. The highest BCUT2D eigenvalue weighted by Crippen LogP contribution is 2.65. The number of fused-ring (bicyclic) bond motifs is 7. The van der Waals surface area contributed by atoms with Crippen LogP contribution in [0.4, 0.5) is 0 Å². The third-order valence-electron chi connectivity index (χ3n) is 12.4. The molecule has 1 spiro atoms. The Balaban J connectivity index is 1.18. The topological polar surface area (TPSA) is 22.1 Å². The van der Waals surface area contributed by atoms with Gasteiger partial charge in [-0.05, 0) is 125 Å². The van der Waals surface area contributed by atoms with Crippen molar-refractivity contribution in [3.63, 3.8) is 0 Å². The first kappa shape index (κ1) is 22.5. The Morgan fingerprint density at radius 1 is 0.971 bits per heavy atom. The number of aromatic nitrogens is 1. The van der Waals surface area contributed by atoms with Crippen molar-refractivity contribution in [2.45, 2.75) is 117 Å². The molecule has 0 amide bonds. The maximum absolute atomic E-state index is 7.14. The maximum Gasteiger partial charge on any atom is 0.0900 e. The van der Waals surface area contributed by atoms with Crippen LogP contribution in [0.2, 0.25) is 0 Å². The first-order valence-corrected chi connectivity index (χ1v) is 15.4. The van der Waals surface area contributed by atoms with Crippen molar-refractivity contribution in [2.75, 3.05) is 0 Å². The summed E-state index contributed by atoms with van der Waals surface area (Å²) in [4.78, 5) is 6.56. The summed E-state index contributed by atoms with van der Waals surface area (Å²) in [6, 6.07) is 0. The second kappa shape index (κ2) is 7.67. The van der Waals surface area contributed by atoms with Gasteiger partial charge in [-0.15, -0.1) is 11.3 Å². The number of hydrogen-bond acceptors (Lipinski definition) is 3. The van der Waals surface area contributed by atoms with Crippen molar-refractivity contribution in [1.29, 1.82) is 0 Å². The highest BCUT2D eigenvalue weighted by Gasteiger charge is 2.59. The Morgan fingerprint density at radius 2 is 1.79 bits per heavy atom. The van der Waals surface area contributed by atoms with Gasteiger partial charge < -0.3 is 4.74 Å². The molecule has 0 radical (unpaired) electrons. The standard InChI is InChI=1S/C31H45NOS/c1-17-6-8-22-19(3)31(33-28(22)12-17)11-10-23-24-9-7-21-13-27-29(34-20(4)32-27)16-30(21,5)26(24)14-25(23)18(2)15-31/h17,19,21-24,26,28H,6-16H2,1-5H3/t17-,19-,21-,22+,23+,24+,26+,28-,30+,31+/m1/s1. The first-order chi connectivity index (χ1) is 16.3. The number of rotatable bonds is 0. The average molecular weight is 480 g/mol. The molecule has 1 saturated heterocycles. The fraction of sp³-hybridized carbons (Fsp3) is 0.839. The minimum Gasteiger partial charge on any atom is -0.371 e. The van der Waals surface area contributed by atoms with Gasteiger partial charge in [0.1, 0.15) is 0 Å². The molecule has 1 aromatic rings. The third-order valence-corrected chi connectivity index (χ3v) is 13.4. The summed E-state index contributed by atoms with van der Waals surface area (Å²) < 4.78 is 7.14. The lowest BCUT2D eigenvalue weighted by molar-refractivity contribution is -0.0750. The van der Waals surface area contributed by atoms with Crippen LogP contribution in [0.3, 0.4) is 0 Å². The highest BCUT2D eigenvalue weighted by molar-refractivity contribution is 7.11. The van der Waals surface area contributed by atoms with Gasteiger partial charge >= 0.3 is 0 Å². The zero-order valence-electron chi connectivity index (χ0n) is 22.2. The molecule has 6 aliphatic rings. The lowest BCUT2D eigenvalue weighted by Gasteiger charge is -2.52. The van der Waals surface area contributed by atoms with Crippen LogP contribution >= 0.6 is 11.3 Å².